The number of rotatable bonds is 4. The lowest BCUT2D eigenvalue weighted by Crippen LogP contribution is -2.52. The molecule has 132 valence electrons. The summed E-state index contributed by atoms with van der Waals surface area (Å²) < 4.78 is 15.2. The van der Waals surface area contributed by atoms with E-state index in [1.54, 1.807) is 41.9 Å². The molecular weight excluding hydrogens is 325 g/mol. The zero-order chi connectivity index (χ0) is 18.0. The largest absolute Gasteiger partial charge is 0.353 e. The number of anilines is 1. The number of nitrogens with zero attached hydrogens (tertiary/aromatic N) is 3. The molecule has 1 aliphatic heterocycles. The number of benzene rings is 1. The van der Waals surface area contributed by atoms with Gasteiger partial charge in [-0.1, -0.05) is 12.1 Å². The first-order chi connectivity index (χ1) is 11.9. The Morgan fingerprint density at radius 2 is 2.28 bits per heavy atom. The third kappa shape index (κ3) is 3.85. The fourth-order valence-corrected chi connectivity index (χ4v) is 3.02. The molecule has 1 fully saturated rings. The molecule has 0 radical (unpaired) electrons. The molecule has 1 atom stereocenters. The van der Waals surface area contributed by atoms with E-state index in [0.29, 0.717) is 30.0 Å². The zero-order valence-corrected chi connectivity index (χ0v) is 14.1. The Morgan fingerprint density at radius 1 is 1.48 bits per heavy atom. The number of halogens is 1. The van der Waals surface area contributed by atoms with Crippen molar-refractivity contribution in [2.24, 2.45) is 7.05 Å². The summed E-state index contributed by atoms with van der Waals surface area (Å²) in [6.45, 7) is 2.79. The maximum absolute atomic E-state index is 13.5. The second-order valence-electron chi connectivity index (χ2n) is 6.07. The SMILES string of the molecule is Cc1nn(C)cc1NC(=O)CN1CCNC(=O)C1c1cccc(F)c1. The number of piperazine rings is 1. The average Bonchev–Trinajstić information content (AvgIpc) is 2.84. The molecule has 2 heterocycles. The van der Waals surface area contributed by atoms with E-state index in [-0.39, 0.29) is 18.4 Å². The molecule has 3 rings (SSSR count). The van der Waals surface area contributed by atoms with Gasteiger partial charge >= 0.3 is 0 Å². The number of carbonyl (C=O) groups is 2. The normalized spacial score (nSPS) is 18.0. The molecule has 1 unspecified atom stereocenters. The Balaban J connectivity index is 1.75. The minimum Gasteiger partial charge on any atom is -0.353 e. The summed E-state index contributed by atoms with van der Waals surface area (Å²) in [5, 5.41) is 9.75. The Hall–Kier alpha value is -2.74. The first-order valence-corrected chi connectivity index (χ1v) is 8.01. The van der Waals surface area contributed by atoms with Gasteiger partial charge < -0.3 is 10.6 Å². The van der Waals surface area contributed by atoms with Crippen molar-refractivity contribution in [2.45, 2.75) is 13.0 Å². The summed E-state index contributed by atoms with van der Waals surface area (Å²) in [6.07, 6.45) is 1.72. The smallest absolute Gasteiger partial charge is 0.242 e. The van der Waals surface area contributed by atoms with Gasteiger partial charge in [-0.2, -0.15) is 5.10 Å². The Bertz CT molecular complexity index is 804. The van der Waals surface area contributed by atoms with Crippen molar-refractivity contribution in [1.29, 1.82) is 0 Å². The summed E-state index contributed by atoms with van der Waals surface area (Å²) in [5.41, 5.74) is 1.88. The van der Waals surface area contributed by atoms with E-state index in [1.807, 2.05) is 0 Å². The summed E-state index contributed by atoms with van der Waals surface area (Å²) >= 11 is 0. The predicted octanol–water partition coefficient (Wildman–Crippen LogP) is 0.979. The number of nitrogens with one attached hydrogen (secondary N) is 2. The van der Waals surface area contributed by atoms with Crippen LogP contribution in [-0.2, 0) is 16.6 Å². The van der Waals surface area contributed by atoms with Crippen LogP contribution < -0.4 is 10.6 Å². The van der Waals surface area contributed by atoms with Crippen molar-refractivity contribution < 1.29 is 14.0 Å². The summed E-state index contributed by atoms with van der Waals surface area (Å²) in [6, 6.07) is 5.21. The average molecular weight is 345 g/mol. The molecule has 25 heavy (non-hydrogen) atoms. The third-order valence-electron chi connectivity index (χ3n) is 4.11. The monoisotopic (exact) mass is 345 g/mol. The van der Waals surface area contributed by atoms with Crippen LogP contribution in [0.1, 0.15) is 17.3 Å². The van der Waals surface area contributed by atoms with Gasteiger partial charge in [-0.15, -0.1) is 0 Å². The van der Waals surface area contributed by atoms with Crippen molar-refractivity contribution in [3.63, 3.8) is 0 Å². The van der Waals surface area contributed by atoms with Gasteiger partial charge in [0.25, 0.3) is 0 Å². The third-order valence-corrected chi connectivity index (χ3v) is 4.11. The van der Waals surface area contributed by atoms with Gasteiger partial charge in [0.15, 0.2) is 0 Å². The predicted molar refractivity (Wildman–Crippen MR) is 90.3 cm³/mol. The molecule has 0 saturated carbocycles. The molecule has 0 spiro atoms. The highest BCUT2D eigenvalue weighted by Crippen LogP contribution is 2.24. The van der Waals surface area contributed by atoms with E-state index >= 15 is 0 Å². The first kappa shape index (κ1) is 17.1. The highest BCUT2D eigenvalue weighted by atomic mass is 19.1. The lowest BCUT2D eigenvalue weighted by Gasteiger charge is -2.34. The summed E-state index contributed by atoms with van der Waals surface area (Å²) in [7, 11) is 1.78. The molecule has 2 aromatic rings. The summed E-state index contributed by atoms with van der Waals surface area (Å²) in [4.78, 5) is 26.4. The Morgan fingerprint density at radius 3 is 2.96 bits per heavy atom. The number of hydrogen-bond donors (Lipinski definition) is 2. The maximum Gasteiger partial charge on any atom is 0.242 e. The molecule has 7 nitrogen and oxygen atoms in total. The molecular formula is C17H20FN5O2. The van der Waals surface area contributed by atoms with Gasteiger partial charge in [-0.05, 0) is 24.6 Å². The van der Waals surface area contributed by atoms with E-state index in [9.17, 15) is 14.0 Å². The molecule has 1 aliphatic rings. The van der Waals surface area contributed by atoms with Crippen molar-refractivity contribution in [1.82, 2.24) is 20.0 Å². The highest BCUT2D eigenvalue weighted by Gasteiger charge is 2.32. The van der Waals surface area contributed by atoms with Gasteiger partial charge in [0.2, 0.25) is 11.8 Å². The lowest BCUT2D eigenvalue weighted by molar-refractivity contribution is -0.130. The fraction of sp³-hybridized carbons (Fsp3) is 0.353. The second-order valence-corrected chi connectivity index (χ2v) is 6.07. The topological polar surface area (TPSA) is 79.3 Å². The van der Waals surface area contributed by atoms with Gasteiger partial charge in [0.1, 0.15) is 11.9 Å². The van der Waals surface area contributed by atoms with Crippen LogP contribution in [0.25, 0.3) is 0 Å². The van der Waals surface area contributed by atoms with Gasteiger partial charge in [0.05, 0.1) is 17.9 Å². The van der Waals surface area contributed by atoms with E-state index in [0.717, 1.165) is 0 Å². The molecule has 0 aliphatic carbocycles. The van der Waals surface area contributed by atoms with Crippen LogP contribution in [0.3, 0.4) is 0 Å². The standard InChI is InChI=1S/C17H20FN5O2/c1-11-14(9-22(2)21-11)20-15(24)10-23-7-6-19-17(25)16(23)12-4-3-5-13(18)8-12/h3-5,8-9,16H,6-7,10H2,1-2H3,(H,19,25)(H,20,24). The van der Waals surface area contributed by atoms with Crippen LogP contribution in [0.4, 0.5) is 10.1 Å². The van der Waals surface area contributed by atoms with Crippen LogP contribution >= 0.6 is 0 Å². The number of amides is 2. The Kier molecular flexibility index (Phi) is 4.80. The maximum atomic E-state index is 13.5. The van der Waals surface area contributed by atoms with E-state index in [1.165, 1.54) is 12.1 Å². The van der Waals surface area contributed by atoms with Crippen LogP contribution in [0.2, 0.25) is 0 Å². The van der Waals surface area contributed by atoms with Crippen LogP contribution in [0.15, 0.2) is 30.5 Å². The lowest BCUT2D eigenvalue weighted by atomic mass is 10.0. The molecule has 0 bridgehead atoms. The zero-order valence-electron chi connectivity index (χ0n) is 14.1. The van der Waals surface area contributed by atoms with Gasteiger partial charge in [-0.3, -0.25) is 19.2 Å². The minimum absolute atomic E-state index is 0.0307. The number of hydrogen-bond acceptors (Lipinski definition) is 4. The van der Waals surface area contributed by atoms with Crippen molar-refractivity contribution in [3.05, 3.63) is 47.5 Å². The minimum atomic E-state index is -0.690. The number of aromatic nitrogens is 2. The fourth-order valence-electron chi connectivity index (χ4n) is 3.02. The second kappa shape index (κ2) is 7.02. The Labute approximate surface area is 144 Å². The van der Waals surface area contributed by atoms with Crippen LogP contribution in [0.5, 0.6) is 0 Å². The van der Waals surface area contributed by atoms with Gasteiger partial charge in [0, 0.05) is 26.3 Å². The summed E-state index contributed by atoms with van der Waals surface area (Å²) in [5.74, 6) is -0.888. The molecule has 2 N–H and O–H groups in total. The number of aryl methyl sites for hydroxylation is 2. The van der Waals surface area contributed by atoms with E-state index in [2.05, 4.69) is 15.7 Å². The van der Waals surface area contributed by atoms with Crippen molar-refractivity contribution >= 4 is 17.5 Å². The molecule has 2 amide bonds. The van der Waals surface area contributed by atoms with Crippen LogP contribution in [0, 0.1) is 12.7 Å². The van der Waals surface area contributed by atoms with Crippen molar-refractivity contribution in [3.8, 4) is 0 Å². The molecule has 1 aromatic carbocycles. The van der Waals surface area contributed by atoms with Crippen LogP contribution in [-0.4, -0.2) is 46.1 Å². The quantitative estimate of drug-likeness (QED) is 0.866. The first-order valence-electron chi connectivity index (χ1n) is 8.01. The molecule has 1 saturated heterocycles. The molecule has 8 heteroatoms. The highest BCUT2D eigenvalue weighted by molar-refractivity contribution is 5.93. The molecule has 1 aromatic heterocycles. The van der Waals surface area contributed by atoms with Crippen molar-refractivity contribution in [2.75, 3.05) is 25.0 Å². The van der Waals surface area contributed by atoms with E-state index < -0.39 is 11.9 Å². The van der Waals surface area contributed by atoms with Gasteiger partial charge in [-0.25, -0.2) is 4.39 Å². The number of carbonyl (C=O) groups excluding carboxylic acids is 2. The van der Waals surface area contributed by atoms with E-state index in [4.69, 9.17) is 0 Å².